The Hall–Kier alpha value is -1.10. The van der Waals surface area contributed by atoms with Gasteiger partial charge in [-0.15, -0.1) is 0 Å². The highest BCUT2D eigenvalue weighted by molar-refractivity contribution is 5.87. The third-order valence-corrected chi connectivity index (χ3v) is 2.63. The molecule has 0 saturated heterocycles. The Balaban J connectivity index is 4.43. The molecule has 3 N–H and O–H groups in total. The van der Waals surface area contributed by atoms with Gasteiger partial charge in [-0.3, -0.25) is 4.79 Å². The Morgan fingerprint density at radius 2 is 2.06 bits per heavy atom. The van der Waals surface area contributed by atoms with Crippen molar-refractivity contribution in [1.82, 2.24) is 5.32 Å². The molecule has 1 amide bonds. The molecule has 0 saturated carbocycles. The first kappa shape index (κ1) is 15.9. The summed E-state index contributed by atoms with van der Waals surface area (Å²) in [6.07, 6.45) is 2.28. The number of hydrogen-bond acceptors (Lipinski definition) is 4. The van der Waals surface area contributed by atoms with E-state index in [0.29, 0.717) is 19.3 Å². The average molecular weight is 244 g/mol. The van der Waals surface area contributed by atoms with Crippen molar-refractivity contribution in [3.05, 3.63) is 0 Å². The van der Waals surface area contributed by atoms with Gasteiger partial charge in [-0.25, -0.2) is 4.79 Å². The zero-order chi connectivity index (χ0) is 13.5. The minimum atomic E-state index is -0.932. The van der Waals surface area contributed by atoms with Crippen LogP contribution in [0.4, 0.5) is 0 Å². The van der Waals surface area contributed by atoms with Crippen molar-refractivity contribution in [2.24, 2.45) is 5.73 Å². The summed E-state index contributed by atoms with van der Waals surface area (Å²) in [5.74, 6) is -0.572. The van der Waals surface area contributed by atoms with Crippen LogP contribution in [0, 0.1) is 0 Å². The maximum Gasteiger partial charge on any atom is 0.331 e. The van der Waals surface area contributed by atoms with Crippen LogP contribution in [0.5, 0.6) is 0 Å². The lowest BCUT2D eigenvalue weighted by molar-refractivity contribution is -0.150. The number of rotatable bonds is 7. The lowest BCUT2D eigenvalue weighted by atomic mass is 9.95. The van der Waals surface area contributed by atoms with E-state index in [9.17, 15) is 9.59 Å². The fourth-order valence-corrected chi connectivity index (χ4v) is 1.67. The average Bonchev–Trinajstić information content (AvgIpc) is 2.25. The maximum absolute atomic E-state index is 11.7. The van der Waals surface area contributed by atoms with Gasteiger partial charge >= 0.3 is 5.97 Å². The maximum atomic E-state index is 11.7. The summed E-state index contributed by atoms with van der Waals surface area (Å²) in [6.45, 7) is 5.49. The number of ether oxygens (including phenoxy) is 1. The van der Waals surface area contributed by atoms with E-state index in [1.165, 1.54) is 7.11 Å². The highest BCUT2D eigenvalue weighted by atomic mass is 16.5. The molecule has 0 spiro atoms. The van der Waals surface area contributed by atoms with Gasteiger partial charge in [0.05, 0.1) is 7.11 Å². The van der Waals surface area contributed by atoms with E-state index < -0.39 is 11.5 Å². The summed E-state index contributed by atoms with van der Waals surface area (Å²) < 4.78 is 4.72. The summed E-state index contributed by atoms with van der Waals surface area (Å²) in [6, 6.07) is -0.0173. The standard InChI is InChI=1S/C12H24N2O3/c1-5-8-12(3,11(16)17-4)14-10(15)7-6-9(2)13/h9H,5-8,13H2,1-4H3,(H,14,15). The molecule has 0 aromatic carbocycles. The van der Waals surface area contributed by atoms with E-state index in [1.54, 1.807) is 6.92 Å². The largest absolute Gasteiger partial charge is 0.467 e. The van der Waals surface area contributed by atoms with Crippen LogP contribution in [0.1, 0.15) is 46.5 Å². The molecule has 100 valence electrons. The molecule has 0 aliphatic heterocycles. The van der Waals surface area contributed by atoms with E-state index in [1.807, 2.05) is 13.8 Å². The molecule has 0 aromatic heterocycles. The molecule has 5 heteroatoms. The quantitative estimate of drug-likeness (QED) is 0.654. The number of carbonyl (C=O) groups excluding carboxylic acids is 2. The number of methoxy groups -OCH3 is 1. The van der Waals surface area contributed by atoms with Crippen LogP contribution in [-0.4, -0.2) is 30.6 Å². The van der Waals surface area contributed by atoms with Gasteiger partial charge in [0.2, 0.25) is 5.91 Å². The van der Waals surface area contributed by atoms with E-state index in [4.69, 9.17) is 10.5 Å². The lowest BCUT2D eigenvalue weighted by Crippen LogP contribution is -2.52. The summed E-state index contributed by atoms with van der Waals surface area (Å²) >= 11 is 0. The number of amides is 1. The molecule has 0 heterocycles. The molecule has 2 atom stereocenters. The van der Waals surface area contributed by atoms with Crippen molar-refractivity contribution in [3.63, 3.8) is 0 Å². The first-order valence-electron chi connectivity index (χ1n) is 6.00. The number of nitrogens with two attached hydrogens (primary N) is 1. The zero-order valence-corrected chi connectivity index (χ0v) is 11.2. The van der Waals surface area contributed by atoms with E-state index in [0.717, 1.165) is 6.42 Å². The summed E-state index contributed by atoms with van der Waals surface area (Å²) in [7, 11) is 1.32. The summed E-state index contributed by atoms with van der Waals surface area (Å²) in [4.78, 5) is 23.3. The topological polar surface area (TPSA) is 81.4 Å². The van der Waals surface area contributed by atoms with Crippen molar-refractivity contribution in [2.45, 2.75) is 58.0 Å². The number of carbonyl (C=O) groups is 2. The zero-order valence-electron chi connectivity index (χ0n) is 11.2. The molecule has 0 aliphatic carbocycles. The molecule has 0 radical (unpaired) electrons. The van der Waals surface area contributed by atoms with Crippen LogP contribution < -0.4 is 11.1 Å². The molecule has 0 fully saturated rings. The van der Waals surface area contributed by atoms with Gasteiger partial charge in [0, 0.05) is 12.5 Å². The number of nitrogens with one attached hydrogen (secondary N) is 1. The third-order valence-electron chi connectivity index (χ3n) is 2.63. The van der Waals surface area contributed by atoms with Gasteiger partial charge in [0.25, 0.3) is 0 Å². The third kappa shape index (κ3) is 5.68. The molecule has 2 unspecified atom stereocenters. The van der Waals surface area contributed by atoms with Crippen molar-refractivity contribution < 1.29 is 14.3 Å². The molecular weight excluding hydrogens is 220 g/mol. The van der Waals surface area contributed by atoms with Crippen LogP contribution in [-0.2, 0) is 14.3 Å². The van der Waals surface area contributed by atoms with Crippen LogP contribution in [0.2, 0.25) is 0 Å². The number of esters is 1. The van der Waals surface area contributed by atoms with E-state index in [-0.39, 0.29) is 11.9 Å². The van der Waals surface area contributed by atoms with Crippen LogP contribution in [0.3, 0.4) is 0 Å². The fourth-order valence-electron chi connectivity index (χ4n) is 1.67. The highest BCUT2D eigenvalue weighted by Crippen LogP contribution is 2.14. The Labute approximate surface area is 103 Å². The highest BCUT2D eigenvalue weighted by Gasteiger charge is 2.34. The summed E-state index contributed by atoms with van der Waals surface area (Å²) in [5, 5.41) is 2.73. The minimum Gasteiger partial charge on any atom is -0.467 e. The van der Waals surface area contributed by atoms with Gasteiger partial charge in [0.1, 0.15) is 5.54 Å². The molecule has 0 aromatic rings. The van der Waals surface area contributed by atoms with Crippen LogP contribution >= 0.6 is 0 Å². The Bertz CT molecular complexity index is 266. The fraction of sp³-hybridized carbons (Fsp3) is 0.833. The van der Waals surface area contributed by atoms with Crippen molar-refractivity contribution in [2.75, 3.05) is 7.11 Å². The van der Waals surface area contributed by atoms with Crippen molar-refractivity contribution in [3.8, 4) is 0 Å². The normalized spacial score (nSPS) is 15.8. The van der Waals surface area contributed by atoms with Gasteiger partial charge < -0.3 is 15.8 Å². The van der Waals surface area contributed by atoms with Crippen LogP contribution in [0.25, 0.3) is 0 Å². The van der Waals surface area contributed by atoms with Crippen LogP contribution in [0.15, 0.2) is 0 Å². The lowest BCUT2D eigenvalue weighted by Gasteiger charge is -2.27. The van der Waals surface area contributed by atoms with Gasteiger partial charge in [0.15, 0.2) is 0 Å². The predicted octanol–water partition coefficient (Wildman–Crippen LogP) is 0.962. The Morgan fingerprint density at radius 1 is 1.47 bits per heavy atom. The Kier molecular flexibility index (Phi) is 6.80. The first-order chi connectivity index (χ1) is 7.85. The van der Waals surface area contributed by atoms with Gasteiger partial charge in [-0.2, -0.15) is 0 Å². The SMILES string of the molecule is CCCC(C)(NC(=O)CCC(C)N)C(=O)OC. The molecular formula is C12H24N2O3. The van der Waals surface area contributed by atoms with E-state index >= 15 is 0 Å². The summed E-state index contributed by atoms with van der Waals surface area (Å²) in [5.41, 5.74) is 4.65. The van der Waals surface area contributed by atoms with E-state index in [2.05, 4.69) is 5.32 Å². The Morgan fingerprint density at radius 3 is 2.47 bits per heavy atom. The van der Waals surface area contributed by atoms with Gasteiger partial charge in [-0.05, 0) is 26.7 Å². The van der Waals surface area contributed by atoms with Gasteiger partial charge in [-0.1, -0.05) is 13.3 Å². The van der Waals surface area contributed by atoms with Crippen molar-refractivity contribution in [1.29, 1.82) is 0 Å². The minimum absolute atomic E-state index is 0.0173. The molecule has 0 bridgehead atoms. The van der Waals surface area contributed by atoms with Crippen molar-refractivity contribution >= 4 is 11.9 Å². The second-order valence-electron chi connectivity index (χ2n) is 4.64. The predicted molar refractivity (Wildman–Crippen MR) is 66.4 cm³/mol. The first-order valence-corrected chi connectivity index (χ1v) is 6.00. The molecule has 5 nitrogen and oxygen atoms in total. The molecule has 17 heavy (non-hydrogen) atoms. The molecule has 0 rings (SSSR count). The number of hydrogen-bond donors (Lipinski definition) is 2. The molecule has 0 aliphatic rings. The monoisotopic (exact) mass is 244 g/mol. The second-order valence-corrected chi connectivity index (χ2v) is 4.64. The smallest absolute Gasteiger partial charge is 0.331 e. The second kappa shape index (κ2) is 7.27.